The number of piperidine rings is 1. The van der Waals surface area contributed by atoms with E-state index in [0.29, 0.717) is 30.4 Å². The van der Waals surface area contributed by atoms with Crippen molar-refractivity contribution in [1.29, 1.82) is 0 Å². The monoisotopic (exact) mass is 409 g/mol. The summed E-state index contributed by atoms with van der Waals surface area (Å²) in [4.78, 5) is 6.40. The van der Waals surface area contributed by atoms with E-state index in [1.165, 1.54) is 18.6 Å². The van der Waals surface area contributed by atoms with Crippen LogP contribution in [0, 0.1) is 17.6 Å². The zero-order valence-corrected chi connectivity index (χ0v) is 14.5. The fourth-order valence-corrected chi connectivity index (χ4v) is 2.55. The number of halogens is 3. The summed E-state index contributed by atoms with van der Waals surface area (Å²) < 4.78 is 26.1. The average Bonchev–Trinajstić information content (AvgIpc) is 2.37. The Labute approximate surface area is 141 Å². The summed E-state index contributed by atoms with van der Waals surface area (Å²) in [6.45, 7) is 4.52. The third-order valence-corrected chi connectivity index (χ3v) is 3.58. The number of rotatable bonds is 3. The molecule has 2 rings (SSSR count). The number of guanidine groups is 1. The van der Waals surface area contributed by atoms with Crippen LogP contribution in [0.25, 0.3) is 0 Å². The van der Waals surface area contributed by atoms with Gasteiger partial charge < -0.3 is 10.6 Å². The highest BCUT2D eigenvalue weighted by Crippen LogP contribution is 2.15. The maximum atomic E-state index is 13.0. The smallest absolute Gasteiger partial charge is 0.191 e. The number of nitrogens with two attached hydrogens (primary N) is 1. The second-order valence-corrected chi connectivity index (χ2v) is 5.46. The molecule has 118 valence electrons. The van der Waals surface area contributed by atoms with E-state index in [9.17, 15) is 8.78 Å². The van der Waals surface area contributed by atoms with Gasteiger partial charge in [-0.05, 0) is 42.9 Å². The number of hydrogen-bond acceptors (Lipinski definition) is 1. The Morgan fingerprint density at radius 1 is 1.33 bits per heavy atom. The number of likely N-dealkylation sites (tertiary alicyclic amines) is 1. The van der Waals surface area contributed by atoms with E-state index in [2.05, 4.69) is 16.8 Å². The Bertz CT molecular complexity index is 474. The van der Waals surface area contributed by atoms with Crippen molar-refractivity contribution in [2.24, 2.45) is 16.6 Å². The van der Waals surface area contributed by atoms with Crippen LogP contribution in [0.1, 0.15) is 25.3 Å². The molecule has 0 aliphatic carbocycles. The summed E-state index contributed by atoms with van der Waals surface area (Å²) in [5.41, 5.74) is 6.57. The molecule has 1 unspecified atom stereocenters. The predicted octanol–water partition coefficient (Wildman–Crippen LogP) is 3.17. The van der Waals surface area contributed by atoms with Crippen molar-refractivity contribution in [3.05, 3.63) is 35.4 Å². The van der Waals surface area contributed by atoms with Gasteiger partial charge in [0.1, 0.15) is 11.6 Å². The largest absolute Gasteiger partial charge is 0.370 e. The molecule has 3 nitrogen and oxygen atoms in total. The zero-order valence-electron chi connectivity index (χ0n) is 12.2. The average molecular weight is 409 g/mol. The molecule has 1 aromatic rings. The van der Waals surface area contributed by atoms with E-state index >= 15 is 0 Å². The van der Waals surface area contributed by atoms with Gasteiger partial charge in [0, 0.05) is 25.7 Å². The second-order valence-electron chi connectivity index (χ2n) is 5.46. The summed E-state index contributed by atoms with van der Waals surface area (Å²) in [6, 6.07) is 3.53. The van der Waals surface area contributed by atoms with Crippen LogP contribution in [0.4, 0.5) is 8.78 Å². The number of hydrogen-bond donors (Lipinski definition) is 1. The lowest BCUT2D eigenvalue weighted by molar-refractivity contribution is 0.270. The van der Waals surface area contributed by atoms with Gasteiger partial charge in [-0.25, -0.2) is 8.78 Å². The molecule has 1 fully saturated rings. The topological polar surface area (TPSA) is 41.6 Å². The molecule has 1 aromatic carbocycles. The first kappa shape index (κ1) is 18.1. The van der Waals surface area contributed by atoms with Crippen molar-refractivity contribution in [3.63, 3.8) is 0 Å². The summed E-state index contributed by atoms with van der Waals surface area (Å²) in [6.07, 6.45) is 2.84. The van der Waals surface area contributed by atoms with Crippen LogP contribution in [-0.4, -0.2) is 30.5 Å². The molecule has 0 spiro atoms. The van der Waals surface area contributed by atoms with E-state index in [1.807, 2.05) is 0 Å². The Hall–Kier alpha value is -0.920. The minimum atomic E-state index is -0.554. The van der Waals surface area contributed by atoms with Crippen LogP contribution >= 0.6 is 24.0 Å². The van der Waals surface area contributed by atoms with Crippen LogP contribution in [0.15, 0.2) is 23.2 Å². The Kier molecular flexibility index (Phi) is 7.34. The molecule has 6 heteroatoms. The predicted molar refractivity (Wildman–Crippen MR) is 91.9 cm³/mol. The first-order chi connectivity index (χ1) is 9.54. The lowest BCUT2D eigenvalue weighted by Gasteiger charge is -2.31. The van der Waals surface area contributed by atoms with Crippen molar-refractivity contribution in [3.8, 4) is 0 Å². The van der Waals surface area contributed by atoms with E-state index in [1.54, 1.807) is 0 Å². The highest BCUT2D eigenvalue weighted by atomic mass is 127. The Balaban J connectivity index is 0.00000220. The minimum Gasteiger partial charge on any atom is -0.370 e. The van der Waals surface area contributed by atoms with Gasteiger partial charge in [0.15, 0.2) is 5.96 Å². The summed E-state index contributed by atoms with van der Waals surface area (Å²) in [5.74, 6) is 0.0619. The highest BCUT2D eigenvalue weighted by molar-refractivity contribution is 14.0. The molecule has 0 bridgehead atoms. The summed E-state index contributed by atoms with van der Waals surface area (Å²) in [7, 11) is 0. The third kappa shape index (κ3) is 5.76. The van der Waals surface area contributed by atoms with Gasteiger partial charge >= 0.3 is 0 Å². The molecule has 1 aliphatic heterocycles. The number of aliphatic imine (C=N–C) groups is 1. The summed E-state index contributed by atoms with van der Waals surface area (Å²) >= 11 is 0. The summed E-state index contributed by atoms with van der Waals surface area (Å²) in [5, 5.41) is 0. The van der Waals surface area contributed by atoms with E-state index in [0.717, 1.165) is 25.6 Å². The van der Waals surface area contributed by atoms with Gasteiger partial charge in [0.2, 0.25) is 0 Å². The standard InChI is InChI=1S/C15H21F2N3.HI/c1-11-3-2-6-20(10-11)15(18)19-5-4-12-7-13(16)9-14(17)8-12;/h7-9,11H,2-6,10H2,1H3,(H2,18,19);1H. The molecule has 0 amide bonds. The van der Waals surface area contributed by atoms with Crippen LogP contribution in [0.5, 0.6) is 0 Å². The van der Waals surface area contributed by atoms with E-state index < -0.39 is 11.6 Å². The van der Waals surface area contributed by atoms with Crippen LogP contribution in [0.3, 0.4) is 0 Å². The molecule has 0 saturated carbocycles. The minimum absolute atomic E-state index is 0. The molecule has 1 aliphatic rings. The quantitative estimate of drug-likeness (QED) is 0.474. The lowest BCUT2D eigenvalue weighted by Crippen LogP contribution is -2.43. The molecule has 2 N–H and O–H groups in total. The molecular weight excluding hydrogens is 387 g/mol. The zero-order chi connectivity index (χ0) is 14.5. The van der Waals surface area contributed by atoms with Gasteiger partial charge in [0.25, 0.3) is 0 Å². The van der Waals surface area contributed by atoms with Gasteiger partial charge in [-0.3, -0.25) is 4.99 Å². The molecule has 1 saturated heterocycles. The Morgan fingerprint density at radius 2 is 2.00 bits per heavy atom. The number of benzene rings is 1. The maximum Gasteiger partial charge on any atom is 0.191 e. The maximum absolute atomic E-state index is 13.0. The molecule has 0 radical (unpaired) electrons. The van der Waals surface area contributed by atoms with E-state index in [4.69, 9.17) is 5.73 Å². The molecular formula is C15H22F2IN3. The molecule has 1 heterocycles. The Morgan fingerprint density at radius 3 is 2.62 bits per heavy atom. The van der Waals surface area contributed by atoms with Gasteiger partial charge in [-0.15, -0.1) is 24.0 Å². The van der Waals surface area contributed by atoms with Crippen LogP contribution in [-0.2, 0) is 6.42 Å². The van der Waals surface area contributed by atoms with Gasteiger partial charge in [-0.1, -0.05) is 6.92 Å². The van der Waals surface area contributed by atoms with Crippen LogP contribution in [0.2, 0.25) is 0 Å². The highest BCUT2D eigenvalue weighted by Gasteiger charge is 2.17. The number of nitrogens with zero attached hydrogens (tertiary/aromatic N) is 2. The van der Waals surface area contributed by atoms with Crippen molar-refractivity contribution in [1.82, 2.24) is 4.90 Å². The SMILES string of the molecule is CC1CCCN(C(N)=NCCc2cc(F)cc(F)c2)C1.I. The first-order valence-electron chi connectivity index (χ1n) is 7.04. The molecule has 1 atom stereocenters. The van der Waals surface area contributed by atoms with E-state index in [-0.39, 0.29) is 24.0 Å². The van der Waals surface area contributed by atoms with Crippen molar-refractivity contribution < 1.29 is 8.78 Å². The second kappa shape index (κ2) is 8.51. The van der Waals surface area contributed by atoms with Crippen molar-refractivity contribution in [2.45, 2.75) is 26.2 Å². The molecule has 21 heavy (non-hydrogen) atoms. The fourth-order valence-electron chi connectivity index (χ4n) is 2.55. The lowest BCUT2D eigenvalue weighted by atomic mass is 10.0. The third-order valence-electron chi connectivity index (χ3n) is 3.58. The van der Waals surface area contributed by atoms with Gasteiger partial charge in [-0.2, -0.15) is 0 Å². The van der Waals surface area contributed by atoms with Crippen molar-refractivity contribution >= 4 is 29.9 Å². The van der Waals surface area contributed by atoms with Crippen LogP contribution < -0.4 is 5.73 Å². The van der Waals surface area contributed by atoms with Crippen molar-refractivity contribution in [2.75, 3.05) is 19.6 Å². The molecule has 0 aromatic heterocycles. The normalized spacial score (nSPS) is 19.3. The fraction of sp³-hybridized carbons (Fsp3) is 0.533. The first-order valence-corrected chi connectivity index (χ1v) is 7.04. The van der Waals surface area contributed by atoms with Gasteiger partial charge in [0.05, 0.1) is 0 Å².